The monoisotopic (exact) mass is 282 g/mol. The second kappa shape index (κ2) is 4.94. The van der Waals surface area contributed by atoms with Crippen LogP contribution in [0, 0.1) is 0 Å². The quantitative estimate of drug-likeness (QED) is 0.773. The van der Waals surface area contributed by atoms with Crippen LogP contribution in [-0.4, -0.2) is 17.0 Å². The fraction of sp³-hybridized carbons (Fsp3) is 0.0667. The van der Waals surface area contributed by atoms with Crippen LogP contribution < -0.4 is 11.1 Å². The van der Waals surface area contributed by atoms with Crippen LogP contribution in [0.15, 0.2) is 43.2 Å². The van der Waals surface area contributed by atoms with Crippen LogP contribution in [0.25, 0.3) is 27.0 Å². The second-order valence-corrected chi connectivity index (χ2v) is 5.47. The van der Waals surface area contributed by atoms with Gasteiger partial charge in [0.05, 0.1) is 4.88 Å². The maximum absolute atomic E-state index is 5.69. The summed E-state index contributed by atoms with van der Waals surface area (Å²) in [5.74, 6) is 0.852. The molecule has 0 aliphatic rings. The van der Waals surface area contributed by atoms with E-state index >= 15 is 0 Å². The number of benzene rings is 1. The SMILES string of the molecule is C=C(N)c1cnc(-c2ccc3cnc(NC)cc3c2)s1. The molecule has 0 atom stereocenters. The Hall–Kier alpha value is -2.40. The Morgan fingerprint density at radius 3 is 2.75 bits per heavy atom. The highest BCUT2D eigenvalue weighted by molar-refractivity contribution is 7.16. The molecule has 3 aromatic rings. The van der Waals surface area contributed by atoms with Gasteiger partial charge in [0, 0.05) is 36.1 Å². The van der Waals surface area contributed by atoms with Crippen molar-refractivity contribution in [3.63, 3.8) is 0 Å². The zero-order chi connectivity index (χ0) is 14.1. The summed E-state index contributed by atoms with van der Waals surface area (Å²) in [6.07, 6.45) is 3.62. The lowest BCUT2D eigenvalue weighted by molar-refractivity contribution is 1.31. The van der Waals surface area contributed by atoms with E-state index in [1.807, 2.05) is 25.4 Å². The predicted octanol–water partition coefficient (Wildman–Crippen LogP) is 3.33. The predicted molar refractivity (Wildman–Crippen MR) is 85.6 cm³/mol. The standard InChI is InChI=1S/C15H14N4S/c1-9(16)13-8-19-15(20-13)10-3-4-11-7-18-14(17-2)6-12(11)5-10/h3-8H,1,16H2,2H3,(H,17,18). The Morgan fingerprint density at radius 1 is 1.20 bits per heavy atom. The van der Waals surface area contributed by atoms with Crippen LogP contribution >= 0.6 is 11.3 Å². The molecular weight excluding hydrogens is 268 g/mol. The molecule has 0 saturated carbocycles. The topological polar surface area (TPSA) is 63.8 Å². The van der Waals surface area contributed by atoms with E-state index in [4.69, 9.17) is 5.73 Å². The third-order valence-electron chi connectivity index (χ3n) is 3.05. The van der Waals surface area contributed by atoms with Gasteiger partial charge in [-0.3, -0.25) is 0 Å². The molecule has 4 nitrogen and oxygen atoms in total. The van der Waals surface area contributed by atoms with Gasteiger partial charge in [0.1, 0.15) is 10.8 Å². The first-order chi connectivity index (χ1) is 9.67. The number of nitrogens with zero attached hydrogens (tertiary/aromatic N) is 2. The highest BCUT2D eigenvalue weighted by Gasteiger charge is 2.07. The lowest BCUT2D eigenvalue weighted by Gasteiger charge is -2.03. The van der Waals surface area contributed by atoms with Crippen molar-refractivity contribution in [2.45, 2.75) is 0 Å². The first kappa shape index (κ1) is 12.6. The van der Waals surface area contributed by atoms with Crippen LogP contribution in [0.3, 0.4) is 0 Å². The third-order valence-corrected chi connectivity index (χ3v) is 4.17. The van der Waals surface area contributed by atoms with Crippen LogP contribution in [0.2, 0.25) is 0 Å². The van der Waals surface area contributed by atoms with Crippen LogP contribution in [0.1, 0.15) is 4.88 Å². The van der Waals surface area contributed by atoms with E-state index in [1.165, 1.54) is 0 Å². The number of rotatable bonds is 3. The zero-order valence-corrected chi connectivity index (χ0v) is 11.9. The molecule has 0 amide bonds. The lowest BCUT2D eigenvalue weighted by atomic mass is 10.1. The molecule has 1 aromatic carbocycles. The molecule has 0 aliphatic carbocycles. The van der Waals surface area contributed by atoms with Crippen molar-refractivity contribution in [3.8, 4) is 10.6 Å². The summed E-state index contributed by atoms with van der Waals surface area (Å²) >= 11 is 1.55. The Morgan fingerprint density at radius 2 is 2.05 bits per heavy atom. The van der Waals surface area contributed by atoms with Crippen molar-refractivity contribution >= 4 is 33.6 Å². The van der Waals surface area contributed by atoms with Gasteiger partial charge in [-0.2, -0.15) is 0 Å². The maximum Gasteiger partial charge on any atom is 0.126 e. The summed E-state index contributed by atoms with van der Waals surface area (Å²) in [6, 6.07) is 8.23. The van der Waals surface area contributed by atoms with E-state index < -0.39 is 0 Å². The normalized spacial score (nSPS) is 10.7. The molecule has 0 radical (unpaired) electrons. The first-order valence-corrected chi connectivity index (χ1v) is 6.97. The Bertz CT molecular complexity index is 791. The second-order valence-electron chi connectivity index (χ2n) is 4.44. The van der Waals surface area contributed by atoms with Crippen molar-refractivity contribution in [3.05, 3.63) is 48.1 Å². The number of hydrogen-bond donors (Lipinski definition) is 2. The minimum absolute atomic E-state index is 0.552. The summed E-state index contributed by atoms with van der Waals surface area (Å²) in [6.45, 7) is 3.74. The van der Waals surface area contributed by atoms with E-state index in [0.717, 1.165) is 32.0 Å². The molecule has 100 valence electrons. The van der Waals surface area contributed by atoms with Crippen molar-refractivity contribution in [1.29, 1.82) is 0 Å². The van der Waals surface area contributed by atoms with Crippen LogP contribution in [0.5, 0.6) is 0 Å². The highest BCUT2D eigenvalue weighted by Crippen LogP contribution is 2.30. The molecule has 20 heavy (non-hydrogen) atoms. The van der Waals surface area contributed by atoms with Crippen molar-refractivity contribution in [2.24, 2.45) is 5.73 Å². The van der Waals surface area contributed by atoms with Gasteiger partial charge in [-0.1, -0.05) is 18.7 Å². The summed E-state index contributed by atoms with van der Waals surface area (Å²) in [5, 5.41) is 6.22. The average Bonchev–Trinajstić information content (AvgIpc) is 2.96. The van der Waals surface area contributed by atoms with E-state index in [9.17, 15) is 0 Å². The van der Waals surface area contributed by atoms with Crippen LogP contribution in [-0.2, 0) is 0 Å². The largest absolute Gasteiger partial charge is 0.398 e. The van der Waals surface area contributed by atoms with Crippen LogP contribution in [0.4, 0.5) is 5.82 Å². The zero-order valence-electron chi connectivity index (χ0n) is 11.1. The lowest BCUT2D eigenvalue weighted by Crippen LogP contribution is -1.91. The maximum atomic E-state index is 5.69. The summed E-state index contributed by atoms with van der Waals surface area (Å²) < 4.78 is 0. The number of hydrogen-bond acceptors (Lipinski definition) is 5. The highest BCUT2D eigenvalue weighted by atomic mass is 32.1. The molecule has 3 N–H and O–H groups in total. The van der Waals surface area contributed by atoms with Gasteiger partial charge >= 0.3 is 0 Å². The number of pyridine rings is 1. The van der Waals surface area contributed by atoms with Gasteiger partial charge in [0.2, 0.25) is 0 Å². The Balaban J connectivity index is 2.08. The Labute approximate surface area is 121 Å². The molecule has 0 fully saturated rings. The van der Waals surface area contributed by atoms with Crippen molar-refractivity contribution in [1.82, 2.24) is 9.97 Å². The van der Waals surface area contributed by atoms with E-state index in [1.54, 1.807) is 17.5 Å². The molecule has 0 spiro atoms. The molecule has 3 rings (SSSR count). The number of nitrogens with one attached hydrogen (secondary N) is 1. The average molecular weight is 282 g/mol. The van der Waals surface area contributed by atoms with E-state index in [2.05, 4.69) is 34.0 Å². The molecule has 5 heteroatoms. The van der Waals surface area contributed by atoms with Gasteiger partial charge in [-0.15, -0.1) is 11.3 Å². The molecule has 0 bridgehead atoms. The fourth-order valence-corrected chi connectivity index (χ4v) is 2.76. The smallest absolute Gasteiger partial charge is 0.126 e. The number of nitrogens with two attached hydrogens (primary N) is 1. The number of fused-ring (bicyclic) bond motifs is 1. The fourth-order valence-electron chi connectivity index (χ4n) is 1.97. The summed E-state index contributed by atoms with van der Waals surface area (Å²) in [4.78, 5) is 9.61. The minimum atomic E-state index is 0.552. The summed E-state index contributed by atoms with van der Waals surface area (Å²) in [7, 11) is 1.86. The molecule has 2 aromatic heterocycles. The third kappa shape index (κ3) is 2.23. The first-order valence-electron chi connectivity index (χ1n) is 6.16. The number of anilines is 1. The number of aromatic nitrogens is 2. The Kier molecular flexibility index (Phi) is 3.12. The van der Waals surface area contributed by atoms with Gasteiger partial charge in [-0.25, -0.2) is 9.97 Å². The minimum Gasteiger partial charge on any atom is -0.398 e. The molecule has 2 heterocycles. The van der Waals surface area contributed by atoms with Gasteiger partial charge in [-0.05, 0) is 17.5 Å². The van der Waals surface area contributed by atoms with Crippen molar-refractivity contribution < 1.29 is 0 Å². The molecule has 0 saturated heterocycles. The van der Waals surface area contributed by atoms with E-state index in [0.29, 0.717) is 5.70 Å². The van der Waals surface area contributed by atoms with E-state index in [-0.39, 0.29) is 0 Å². The summed E-state index contributed by atoms with van der Waals surface area (Å²) in [5.41, 5.74) is 7.32. The van der Waals surface area contributed by atoms with Gasteiger partial charge < -0.3 is 11.1 Å². The number of thiazole rings is 1. The molecule has 0 aliphatic heterocycles. The molecular formula is C15H14N4S. The van der Waals surface area contributed by atoms with Crippen molar-refractivity contribution in [2.75, 3.05) is 12.4 Å². The molecule has 0 unspecified atom stereocenters. The van der Waals surface area contributed by atoms with Gasteiger partial charge in [0.25, 0.3) is 0 Å². The van der Waals surface area contributed by atoms with Gasteiger partial charge in [0.15, 0.2) is 0 Å².